The van der Waals surface area contributed by atoms with Gasteiger partial charge in [-0.3, -0.25) is 19.4 Å². The number of hydrogen-bond donors (Lipinski definition) is 6. The maximum Gasteiger partial charge on any atom is 0.255 e. The largest absolute Gasteiger partial charge is 0.354 e. The van der Waals surface area contributed by atoms with Crippen LogP contribution in [0.15, 0.2) is 131 Å². The van der Waals surface area contributed by atoms with Gasteiger partial charge in [0, 0.05) is 41.8 Å². The van der Waals surface area contributed by atoms with Crippen LogP contribution in [-0.4, -0.2) is 55.9 Å². The Morgan fingerprint density at radius 1 is 0.714 bits per heavy atom. The highest BCUT2D eigenvalue weighted by molar-refractivity contribution is 9.10. The Balaban J connectivity index is 1.27. The first kappa shape index (κ1) is 34.8. The van der Waals surface area contributed by atoms with Gasteiger partial charge in [0.05, 0.1) is 17.8 Å². The second-order valence-electron chi connectivity index (χ2n) is 11.1. The van der Waals surface area contributed by atoms with Crippen LogP contribution in [0.1, 0.15) is 26.3 Å². The standard InChI is InChI=1S/C38H38BrN7O3/c39-30-17-18-33(45-35(47)29-16-15-27-11-7-8-12-28(27)24-29)32(25-30)36(48)46-34(23-26-9-3-1-4-10-26)37(49)41-21-22-43-38(42-20-19-40)44-31-13-5-2-6-14-31/h1-18,24-25,34H,19-23,40H2,(H,41,49)(H,45,47)(H,46,48)(H2,42,43,44)/t34-/m0/s1. The summed E-state index contributed by atoms with van der Waals surface area (Å²) in [4.78, 5) is 45.1. The van der Waals surface area contributed by atoms with Crippen LogP contribution in [0.3, 0.4) is 0 Å². The lowest BCUT2D eigenvalue weighted by Crippen LogP contribution is -2.49. The number of guanidine groups is 1. The average molecular weight is 721 g/mol. The van der Waals surface area contributed by atoms with Gasteiger partial charge in [0.2, 0.25) is 5.91 Å². The summed E-state index contributed by atoms with van der Waals surface area (Å²) in [5, 5.41) is 17.1. The number of aliphatic imine (C=N–C) groups is 1. The molecule has 49 heavy (non-hydrogen) atoms. The van der Waals surface area contributed by atoms with Gasteiger partial charge in [0.1, 0.15) is 6.04 Å². The number of para-hydroxylation sites is 1. The predicted molar refractivity (Wildman–Crippen MR) is 200 cm³/mol. The third-order valence-electron chi connectivity index (χ3n) is 7.54. The van der Waals surface area contributed by atoms with Gasteiger partial charge >= 0.3 is 0 Å². The number of carbonyl (C=O) groups is 3. The minimum atomic E-state index is -0.897. The topological polar surface area (TPSA) is 150 Å². The van der Waals surface area contributed by atoms with E-state index in [4.69, 9.17) is 5.73 Å². The van der Waals surface area contributed by atoms with Gasteiger partial charge in [-0.2, -0.15) is 0 Å². The molecule has 0 radical (unpaired) electrons. The van der Waals surface area contributed by atoms with Crippen LogP contribution in [0, 0.1) is 0 Å². The molecule has 0 unspecified atom stereocenters. The molecule has 5 rings (SSSR count). The zero-order valence-corrected chi connectivity index (χ0v) is 28.4. The first-order chi connectivity index (χ1) is 23.9. The molecule has 5 aromatic carbocycles. The van der Waals surface area contributed by atoms with Crippen LogP contribution in [0.5, 0.6) is 0 Å². The van der Waals surface area contributed by atoms with Gasteiger partial charge < -0.3 is 32.3 Å². The summed E-state index contributed by atoms with van der Waals surface area (Å²) in [5.41, 5.74) is 8.38. The number of nitrogens with two attached hydrogens (primary N) is 1. The molecule has 0 aliphatic rings. The quantitative estimate of drug-likeness (QED) is 0.0551. The molecule has 7 N–H and O–H groups in total. The monoisotopic (exact) mass is 719 g/mol. The van der Waals surface area contributed by atoms with Gasteiger partial charge in [-0.15, -0.1) is 0 Å². The number of carbonyl (C=O) groups excluding carboxylic acids is 3. The van der Waals surface area contributed by atoms with Crippen molar-refractivity contribution < 1.29 is 14.4 Å². The van der Waals surface area contributed by atoms with Crippen LogP contribution < -0.4 is 32.3 Å². The SMILES string of the molecule is NCCN=C(NCCNC(=O)[C@H](Cc1ccccc1)NC(=O)c1cc(Br)ccc1NC(=O)c1ccc2ccccc2c1)Nc1ccccc1. The molecule has 0 aromatic heterocycles. The third kappa shape index (κ3) is 10.2. The summed E-state index contributed by atoms with van der Waals surface area (Å²) in [5.74, 6) is -0.683. The number of amides is 3. The van der Waals surface area contributed by atoms with Crippen molar-refractivity contribution in [3.63, 3.8) is 0 Å². The summed E-state index contributed by atoms with van der Waals surface area (Å²) in [6.45, 7) is 1.46. The fourth-order valence-corrected chi connectivity index (χ4v) is 5.46. The summed E-state index contributed by atoms with van der Waals surface area (Å²) in [7, 11) is 0. The van der Waals surface area contributed by atoms with E-state index in [0.29, 0.717) is 41.3 Å². The van der Waals surface area contributed by atoms with E-state index in [1.807, 2.05) is 97.1 Å². The van der Waals surface area contributed by atoms with Crippen molar-refractivity contribution in [1.29, 1.82) is 0 Å². The average Bonchev–Trinajstić information content (AvgIpc) is 3.13. The summed E-state index contributed by atoms with van der Waals surface area (Å²) in [6.07, 6.45) is 0.261. The van der Waals surface area contributed by atoms with E-state index in [1.54, 1.807) is 24.3 Å². The van der Waals surface area contributed by atoms with E-state index in [2.05, 4.69) is 47.5 Å². The molecule has 0 aliphatic carbocycles. The molecule has 0 fully saturated rings. The predicted octanol–water partition coefficient (Wildman–Crippen LogP) is 5.33. The molecule has 0 saturated carbocycles. The molecular formula is C38H38BrN7O3. The molecule has 1 atom stereocenters. The Hall–Kier alpha value is -5.52. The normalized spacial score (nSPS) is 11.8. The molecule has 0 bridgehead atoms. The highest BCUT2D eigenvalue weighted by Gasteiger charge is 2.24. The molecule has 0 heterocycles. The van der Waals surface area contributed by atoms with E-state index in [0.717, 1.165) is 22.0 Å². The van der Waals surface area contributed by atoms with Gasteiger partial charge in [0.15, 0.2) is 5.96 Å². The minimum absolute atomic E-state index is 0.212. The first-order valence-electron chi connectivity index (χ1n) is 15.9. The lowest BCUT2D eigenvalue weighted by molar-refractivity contribution is -0.122. The van der Waals surface area contributed by atoms with E-state index in [-0.39, 0.29) is 30.3 Å². The maximum absolute atomic E-state index is 13.8. The Morgan fingerprint density at radius 3 is 2.16 bits per heavy atom. The number of benzene rings is 5. The highest BCUT2D eigenvalue weighted by Crippen LogP contribution is 2.23. The zero-order valence-electron chi connectivity index (χ0n) is 26.8. The highest BCUT2D eigenvalue weighted by atomic mass is 79.9. The molecule has 3 amide bonds. The maximum atomic E-state index is 13.8. The lowest BCUT2D eigenvalue weighted by Gasteiger charge is -2.20. The number of nitrogens with one attached hydrogen (secondary N) is 5. The Bertz CT molecular complexity index is 1920. The van der Waals surface area contributed by atoms with Crippen molar-refractivity contribution in [2.75, 3.05) is 36.8 Å². The van der Waals surface area contributed by atoms with Crippen LogP contribution in [0.25, 0.3) is 10.8 Å². The van der Waals surface area contributed by atoms with Crippen molar-refractivity contribution in [2.24, 2.45) is 10.7 Å². The van der Waals surface area contributed by atoms with Crippen molar-refractivity contribution in [2.45, 2.75) is 12.5 Å². The second kappa shape index (κ2) is 17.6. The number of anilines is 2. The number of fused-ring (bicyclic) bond motifs is 1. The van der Waals surface area contributed by atoms with Crippen molar-refractivity contribution >= 4 is 61.8 Å². The van der Waals surface area contributed by atoms with Crippen molar-refractivity contribution in [3.8, 4) is 0 Å². The van der Waals surface area contributed by atoms with Crippen LogP contribution in [-0.2, 0) is 11.2 Å². The zero-order chi connectivity index (χ0) is 34.4. The van der Waals surface area contributed by atoms with Gasteiger partial charge in [0.25, 0.3) is 11.8 Å². The summed E-state index contributed by atoms with van der Waals surface area (Å²) in [6, 6.07) is 36.4. The number of rotatable bonds is 13. The number of nitrogens with zero attached hydrogens (tertiary/aromatic N) is 1. The Labute approximate surface area is 293 Å². The van der Waals surface area contributed by atoms with E-state index < -0.39 is 11.9 Å². The number of halogens is 1. The summed E-state index contributed by atoms with van der Waals surface area (Å²) < 4.78 is 0.646. The number of hydrogen-bond acceptors (Lipinski definition) is 5. The molecule has 5 aromatic rings. The van der Waals surface area contributed by atoms with Gasteiger partial charge in [-0.25, -0.2) is 0 Å². The van der Waals surface area contributed by atoms with Crippen LogP contribution in [0.2, 0.25) is 0 Å². The lowest BCUT2D eigenvalue weighted by atomic mass is 10.0. The van der Waals surface area contributed by atoms with Gasteiger partial charge in [-0.05, 0) is 58.8 Å². The van der Waals surface area contributed by atoms with Crippen molar-refractivity contribution in [1.82, 2.24) is 16.0 Å². The molecule has 0 saturated heterocycles. The smallest absolute Gasteiger partial charge is 0.255 e. The molecule has 10 nitrogen and oxygen atoms in total. The van der Waals surface area contributed by atoms with Crippen LogP contribution in [0.4, 0.5) is 11.4 Å². The first-order valence-corrected chi connectivity index (χ1v) is 16.7. The molecular weight excluding hydrogens is 682 g/mol. The molecule has 0 aliphatic heterocycles. The molecule has 250 valence electrons. The van der Waals surface area contributed by atoms with E-state index in [1.165, 1.54) is 0 Å². The van der Waals surface area contributed by atoms with Crippen molar-refractivity contribution in [3.05, 3.63) is 142 Å². The van der Waals surface area contributed by atoms with E-state index >= 15 is 0 Å². The fraction of sp³-hybridized carbons (Fsp3) is 0.158. The van der Waals surface area contributed by atoms with Crippen LogP contribution >= 0.6 is 15.9 Å². The second-order valence-corrected chi connectivity index (χ2v) is 12.1. The fourth-order valence-electron chi connectivity index (χ4n) is 5.10. The minimum Gasteiger partial charge on any atom is -0.354 e. The molecule has 11 heteroatoms. The molecule has 0 spiro atoms. The Kier molecular flexibility index (Phi) is 12.5. The third-order valence-corrected chi connectivity index (χ3v) is 8.04. The van der Waals surface area contributed by atoms with E-state index in [9.17, 15) is 14.4 Å². The van der Waals surface area contributed by atoms with Gasteiger partial charge in [-0.1, -0.05) is 94.8 Å². The Morgan fingerprint density at radius 2 is 1.41 bits per heavy atom. The summed E-state index contributed by atoms with van der Waals surface area (Å²) >= 11 is 3.44.